The number of rotatable bonds is 9. The van der Waals surface area contributed by atoms with Crippen molar-refractivity contribution in [2.24, 2.45) is 0 Å². The molecule has 0 spiro atoms. The largest absolute Gasteiger partial charge is 0.396 e. The Balaban J connectivity index is 2.27. The summed E-state index contributed by atoms with van der Waals surface area (Å²) >= 11 is 0. The molecule has 102 valence electrons. The van der Waals surface area contributed by atoms with Crippen molar-refractivity contribution in [2.75, 3.05) is 26.9 Å². The van der Waals surface area contributed by atoms with E-state index in [1.165, 1.54) is 5.56 Å². The molecule has 1 aromatic rings. The molecule has 0 fully saturated rings. The van der Waals surface area contributed by atoms with Crippen molar-refractivity contribution in [3.05, 3.63) is 35.9 Å². The fourth-order valence-corrected chi connectivity index (χ4v) is 2.05. The summed E-state index contributed by atoms with van der Waals surface area (Å²) in [5.41, 5.74) is 1.38. The van der Waals surface area contributed by atoms with E-state index < -0.39 is 0 Å². The van der Waals surface area contributed by atoms with E-state index in [-0.39, 0.29) is 12.6 Å². The number of ether oxygens (including phenoxy) is 1. The van der Waals surface area contributed by atoms with Crippen LogP contribution in [0.15, 0.2) is 30.3 Å². The summed E-state index contributed by atoms with van der Waals surface area (Å²) in [6, 6.07) is 10.8. The summed E-state index contributed by atoms with van der Waals surface area (Å²) in [7, 11) is 1.69. The second kappa shape index (κ2) is 9.09. The molecule has 18 heavy (non-hydrogen) atoms. The van der Waals surface area contributed by atoms with Crippen LogP contribution < -0.4 is 5.32 Å². The van der Waals surface area contributed by atoms with Crippen LogP contribution in [0.5, 0.6) is 0 Å². The number of aliphatic hydroxyl groups is 1. The first-order valence-electron chi connectivity index (χ1n) is 6.66. The zero-order valence-corrected chi connectivity index (χ0v) is 11.4. The van der Waals surface area contributed by atoms with Gasteiger partial charge in [0.15, 0.2) is 0 Å². The molecular formula is C15H25NO2. The first kappa shape index (κ1) is 15.2. The van der Waals surface area contributed by atoms with Gasteiger partial charge in [-0.05, 0) is 30.9 Å². The fourth-order valence-electron chi connectivity index (χ4n) is 2.05. The Labute approximate surface area is 110 Å². The highest BCUT2D eigenvalue weighted by Gasteiger charge is 2.09. The van der Waals surface area contributed by atoms with Gasteiger partial charge in [-0.15, -0.1) is 0 Å². The van der Waals surface area contributed by atoms with Gasteiger partial charge in [0, 0.05) is 19.8 Å². The van der Waals surface area contributed by atoms with Crippen molar-refractivity contribution < 1.29 is 9.84 Å². The Hall–Kier alpha value is -0.900. The maximum atomic E-state index is 8.95. The first-order valence-corrected chi connectivity index (χ1v) is 6.66. The third kappa shape index (κ3) is 5.63. The summed E-state index contributed by atoms with van der Waals surface area (Å²) in [6.45, 7) is 4.05. The van der Waals surface area contributed by atoms with E-state index >= 15 is 0 Å². The summed E-state index contributed by atoms with van der Waals surface area (Å²) < 4.78 is 5.13. The molecule has 0 aromatic heterocycles. The van der Waals surface area contributed by atoms with Crippen molar-refractivity contribution >= 4 is 0 Å². The number of aliphatic hydroxyl groups excluding tert-OH is 1. The lowest BCUT2D eigenvalue weighted by atomic mass is 9.98. The van der Waals surface area contributed by atoms with E-state index in [9.17, 15) is 0 Å². The van der Waals surface area contributed by atoms with E-state index in [0.717, 1.165) is 19.4 Å². The van der Waals surface area contributed by atoms with Crippen molar-refractivity contribution in [1.29, 1.82) is 0 Å². The predicted molar refractivity (Wildman–Crippen MR) is 74.8 cm³/mol. The summed E-state index contributed by atoms with van der Waals surface area (Å²) in [6.07, 6.45) is 1.84. The van der Waals surface area contributed by atoms with Gasteiger partial charge in [-0.2, -0.15) is 0 Å². The Morgan fingerprint density at radius 2 is 1.94 bits per heavy atom. The molecule has 0 aliphatic carbocycles. The van der Waals surface area contributed by atoms with E-state index in [2.05, 4.69) is 36.5 Å². The van der Waals surface area contributed by atoms with Crippen molar-refractivity contribution in [2.45, 2.75) is 31.7 Å². The van der Waals surface area contributed by atoms with Crippen molar-refractivity contribution in [3.8, 4) is 0 Å². The minimum Gasteiger partial charge on any atom is -0.396 e. The first-order chi connectivity index (χ1) is 8.77. The molecule has 0 bridgehead atoms. The SMILES string of the molecule is COCC(CCO)NCCC(C)c1ccccc1. The molecular weight excluding hydrogens is 226 g/mol. The monoisotopic (exact) mass is 251 g/mol. The number of methoxy groups -OCH3 is 1. The van der Waals surface area contributed by atoms with E-state index in [1.807, 2.05) is 6.07 Å². The molecule has 2 atom stereocenters. The van der Waals surface area contributed by atoms with Gasteiger partial charge in [-0.3, -0.25) is 0 Å². The highest BCUT2D eigenvalue weighted by atomic mass is 16.5. The molecule has 1 aromatic carbocycles. The number of hydrogen-bond donors (Lipinski definition) is 2. The van der Waals surface area contributed by atoms with E-state index in [1.54, 1.807) is 7.11 Å². The van der Waals surface area contributed by atoms with E-state index in [0.29, 0.717) is 12.5 Å². The molecule has 0 aliphatic heterocycles. The Bertz CT molecular complexity index is 297. The second-order valence-electron chi connectivity index (χ2n) is 4.72. The maximum Gasteiger partial charge on any atom is 0.0616 e. The zero-order valence-electron chi connectivity index (χ0n) is 11.4. The van der Waals surface area contributed by atoms with Crippen LogP contribution in [0.2, 0.25) is 0 Å². The van der Waals surface area contributed by atoms with Gasteiger partial charge in [0.2, 0.25) is 0 Å². The van der Waals surface area contributed by atoms with Gasteiger partial charge in [0.05, 0.1) is 6.61 Å². The molecule has 3 heteroatoms. The van der Waals surface area contributed by atoms with Crippen LogP contribution in [0.4, 0.5) is 0 Å². The predicted octanol–water partition coefficient (Wildman–Crippen LogP) is 2.17. The topological polar surface area (TPSA) is 41.5 Å². The van der Waals surface area contributed by atoms with E-state index in [4.69, 9.17) is 9.84 Å². The average Bonchev–Trinajstić information content (AvgIpc) is 2.40. The van der Waals surface area contributed by atoms with Crippen LogP contribution in [-0.4, -0.2) is 38.0 Å². The second-order valence-corrected chi connectivity index (χ2v) is 4.72. The molecule has 0 saturated carbocycles. The van der Waals surface area contributed by atoms with Crippen LogP contribution in [0.25, 0.3) is 0 Å². The van der Waals surface area contributed by atoms with Gasteiger partial charge in [0.1, 0.15) is 0 Å². The van der Waals surface area contributed by atoms with Crippen LogP contribution in [0.1, 0.15) is 31.2 Å². The molecule has 0 aliphatic rings. The lowest BCUT2D eigenvalue weighted by Crippen LogP contribution is -2.35. The smallest absolute Gasteiger partial charge is 0.0616 e. The highest BCUT2D eigenvalue weighted by Crippen LogP contribution is 2.17. The number of benzene rings is 1. The number of hydrogen-bond acceptors (Lipinski definition) is 3. The van der Waals surface area contributed by atoms with Crippen LogP contribution in [0.3, 0.4) is 0 Å². The molecule has 0 heterocycles. The zero-order chi connectivity index (χ0) is 13.2. The molecule has 3 nitrogen and oxygen atoms in total. The molecule has 2 unspecified atom stereocenters. The number of nitrogens with one attached hydrogen (secondary N) is 1. The maximum absolute atomic E-state index is 8.95. The minimum absolute atomic E-state index is 0.204. The molecule has 2 N–H and O–H groups in total. The van der Waals surface area contributed by atoms with Gasteiger partial charge >= 0.3 is 0 Å². The molecule has 0 saturated heterocycles. The molecule has 0 amide bonds. The summed E-state index contributed by atoms with van der Waals surface area (Å²) in [4.78, 5) is 0. The Kier molecular flexibility index (Phi) is 7.65. The standard InChI is InChI=1S/C15H25NO2/c1-13(14-6-4-3-5-7-14)8-10-16-15(9-11-17)12-18-2/h3-7,13,15-17H,8-12H2,1-2H3. The summed E-state index contributed by atoms with van der Waals surface area (Å²) in [5, 5.41) is 12.4. The van der Waals surface area contributed by atoms with Crippen molar-refractivity contribution in [1.82, 2.24) is 5.32 Å². The van der Waals surface area contributed by atoms with Gasteiger partial charge in [-0.1, -0.05) is 37.3 Å². The highest BCUT2D eigenvalue weighted by molar-refractivity contribution is 5.18. The molecule has 0 radical (unpaired) electrons. The van der Waals surface area contributed by atoms with Crippen LogP contribution in [0, 0.1) is 0 Å². The lowest BCUT2D eigenvalue weighted by molar-refractivity contribution is 0.148. The van der Waals surface area contributed by atoms with Gasteiger partial charge in [0.25, 0.3) is 0 Å². The fraction of sp³-hybridized carbons (Fsp3) is 0.600. The van der Waals surface area contributed by atoms with Crippen LogP contribution >= 0.6 is 0 Å². The van der Waals surface area contributed by atoms with Gasteiger partial charge in [-0.25, -0.2) is 0 Å². The Morgan fingerprint density at radius 1 is 1.22 bits per heavy atom. The average molecular weight is 251 g/mol. The quantitative estimate of drug-likeness (QED) is 0.707. The minimum atomic E-state index is 0.204. The Morgan fingerprint density at radius 3 is 2.56 bits per heavy atom. The lowest BCUT2D eigenvalue weighted by Gasteiger charge is -2.18. The summed E-state index contributed by atoms with van der Waals surface area (Å²) in [5.74, 6) is 0.552. The third-order valence-electron chi connectivity index (χ3n) is 3.22. The normalized spacial score (nSPS) is 14.4. The van der Waals surface area contributed by atoms with Crippen LogP contribution in [-0.2, 0) is 4.74 Å². The van der Waals surface area contributed by atoms with Gasteiger partial charge < -0.3 is 15.2 Å². The third-order valence-corrected chi connectivity index (χ3v) is 3.22. The molecule has 1 rings (SSSR count). The van der Waals surface area contributed by atoms with Crippen molar-refractivity contribution in [3.63, 3.8) is 0 Å².